The zero-order valence-corrected chi connectivity index (χ0v) is 21.2. The molecule has 36 heavy (non-hydrogen) atoms. The van der Waals surface area contributed by atoms with Crippen LogP contribution < -0.4 is 5.73 Å². The highest BCUT2D eigenvalue weighted by molar-refractivity contribution is 7.15. The molecule has 0 saturated carbocycles. The number of benzene rings is 2. The fraction of sp³-hybridized carbons (Fsp3) is 0.222. The van der Waals surface area contributed by atoms with E-state index in [1.807, 2.05) is 41.8 Å². The monoisotopic (exact) mass is 496 g/mol. The number of hydrogen-bond acceptors (Lipinski definition) is 8. The fourth-order valence-electron chi connectivity index (χ4n) is 4.42. The number of nitrogens with two attached hydrogens (primary N) is 1. The zero-order valence-electron chi connectivity index (χ0n) is 20.4. The lowest BCUT2D eigenvalue weighted by atomic mass is 9.96. The lowest BCUT2D eigenvalue weighted by molar-refractivity contribution is -0.141. The van der Waals surface area contributed by atoms with Gasteiger partial charge in [0.05, 0.1) is 24.8 Å². The molecular formula is C27H24N6O2S. The van der Waals surface area contributed by atoms with Gasteiger partial charge in [-0.25, -0.2) is 0 Å². The van der Waals surface area contributed by atoms with Crippen LogP contribution in [0.2, 0.25) is 0 Å². The van der Waals surface area contributed by atoms with E-state index in [0.717, 1.165) is 44.4 Å². The summed E-state index contributed by atoms with van der Waals surface area (Å²) in [6.07, 6.45) is 0.0611. The van der Waals surface area contributed by atoms with E-state index in [0.29, 0.717) is 17.1 Å². The Labute approximate surface area is 212 Å². The summed E-state index contributed by atoms with van der Waals surface area (Å²) in [5.74, 6) is 1.00. The maximum atomic E-state index is 12.3. The van der Waals surface area contributed by atoms with Crippen LogP contribution in [0, 0.1) is 32.1 Å². The lowest BCUT2D eigenvalue weighted by Crippen LogP contribution is -2.12. The van der Waals surface area contributed by atoms with Crippen LogP contribution in [0.5, 0.6) is 0 Å². The van der Waals surface area contributed by atoms with Crippen molar-refractivity contribution in [2.75, 3.05) is 12.8 Å². The smallest absolute Gasteiger partial charge is 0.308 e. The first-order valence-corrected chi connectivity index (χ1v) is 12.2. The summed E-state index contributed by atoms with van der Waals surface area (Å²) in [7, 11) is 1.37. The molecule has 0 unspecified atom stereocenters. The molecule has 2 aromatic heterocycles. The number of carbonyl (C=O) groups is 1. The summed E-state index contributed by atoms with van der Waals surface area (Å²) in [5.41, 5.74) is 12.5. The minimum absolute atomic E-state index is 0.0611. The van der Waals surface area contributed by atoms with Crippen LogP contribution in [-0.4, -0.2) is 33.6 Å². The van der Waals surface area contributed by atoms with Crippen LogP contribution in [0.25, 0.3) is 16.1 Å². The summed E-state index contributed by atoms with van der Waals surface area (Å²) in [4.78, 5) is 18.5. The Bertz CT molecular complexity index is 1570. The third kappa shape index (κ3) is 3.85. The van der Waals surface area contributed by atoms with E-state index in [2.05, 4.69) is 30.1 Å². The highest BCUT2D eigenvalue weighted by atomic mass is 32.1. The number of rotatable bonds is 4. The molecule has 4 aromatic rings. The van der Waals surface area contributed by atoms with E-state index in [4.69, 9.17) is 15.5 Å². The predicted octanol–water partition coefficient (Wildman–Crippen LogP) is 4.83. The number of fused-ring (bicyclic) bond motifs is 3. The molecular weight excluding hydrogens is 472 g/mol. The molecule has 2 N–H and O–H groups in total. The SMILES string of the molecule is COC(=O)C[C@@H]1N=C(c2ccc(-c3ccc(N)c(C#N)c3)cc2)c2c(sc(C)c2C)-n2c(C)nnc21. The Morgan fingerprint density at radius 2 is 1.81 bits per heavy atom. The molecule has 0 fully saturated rings. The number of ether oxygens (including phenoxy) is 1. The number of aliphatic imine (C=N–C) groups is 1. The zero-order chi connectivity index (χ0) is 25.6. The number of methoxy groups -OCH3 is 1. The second kappa shape index (κ2) is 9.06. The number of carbonyl (C=O) groups excluding carboxylic acids is 1. The maximum Gasteiger partial charge on any atom is 0.308 e. The summed E-state index contributed by atoms with van der Waals surface area (Å²) in [6.45, 7) is 6.09. The molecule has 0 radical (unpaired) electrons. The number of thiophene rings is 1. The number of esters is 1. The van der Waals surface area contributed by atoms with Crippen LogP contribution in [0.15, 0.2) is 47.5 Å². The molecule has 2 aromatic carbocycles. The summed E-state index contributed by atoms with van der Waals surface area (Å²) < 4.78 is 6.97. The predicted molar refractivity (Wildman–Crippen MR) is 139 cm³/mol. The summed E-state index contributed by atoms with van der Waals surface area (Å²) in [5, 5.41) is 19.0. The lowest BCUT2D eigenvalue weighted by Gasteiger charge is -2.12. The van der Waals surface area contributed by atoms with Gasteiger partial charge in [0.1, 0.15) is 22.9 Å². The van der Waals surface area contributed by atoms with Gasteiger partial charge in [-0.15, -0.1) is 21.5 Å². The standard InChI is InChI=1S/C27H24N6O2S/c1-14-15(2)36-27-24(14)25(30-22(12-23(34)35-4)26-32-31-16(3)33(26)27)18-7-5-17(6-8-18)19-9-10-21(29)20(11-19)13-28/h5-11,22H,12,29H2,1-4H3/t22-/m0/s1. The van der Waals surface area contributed by atoms with Gasteiger partial charge in [0.25, 0.3) is 0 Å². The third-order valence-corrected chi connectivity index (χ3v) is 7.69. The first-order valence-electron chi connectivity index (χ1n) is 11.4. The number of nitriles is 1. The highest BCUT2D eigenvalue weighted by Gasteiger charge is 2.32. The second-order valence-corrected chi connectivity index (χ2v) is 9.87. The Kier molecular flexibility index (Phi) is 5.90. The van der Waals surface area contributed by atoms with Gasteiger partial charge >= 0.3 is 5.97 Å². The van der Waals surface area contributed by atoms with E-state index < -0.39 is 6.04 Å². The molecule has 0 saturated heterocycles. The molecule has 8 nitrogen and oxygen atoms in total. The highest BCUT2D eigenvalue weighted by Crippen LogP contribution is 2.39. The summed E-state index contributed by atoms with van der Waals surface area (Å²) >= 11 is 1.67. The first kappa shape index (κ1) is 23.5. The number of anilines is 1. The quantitative estimate of drug-likeness (QED) is 0.319. The minimum atomic E-state index is -0.539. The first-order chi connectivity index (χ1) is 17.3. The minimum Gasteiger partial charge on any atom is -0.469 e. The average Bonchev–Trinajstić information content (AvgIpc) is 3.36. The van der Waals surface area contributed by atoms with Gasteiger partial charge in [-0.05, 0) is 49.6 Å². The van der Waals surface area contributed by atoms with Gasteiger partial charge in [-0.3, -0.25) is 14.4 Å². The molecule has 180 valence electrons. The van der Waals surface area contributed by atoms with Crippen LogP contribution in [-0.2, 0) is 9.53 Å². The van der Waals surface area contributed by atoms with E-state index in [1.54, 1.807) is 23.5 Å². The molecule has 0 bridgehead atoms. The maximum absolute atomic E-state index is 12.3. The van der Waals surface area contributed by atoms with E-state index >= 15 is 0 Å². The van der Waals surface area contributed by atoms with Crippen molar-refractivity contribution in [1.29, 1.82) is 5.26 Å². The number of hydrogen-bond donors (Lipinski definition) is 1. The Hall–Kier alpha value is -4.29. The van der Waals surface area contributed by atoms with Crippen molar-refractivity contribution in [3.8, 4) is 22.2 Å². The van der Waals surface area contributed by atoms with Crippen molar-refractivity contribution in [3.63, 3.8) is 0 Å². The molecule has 1 aliphatic rings. The molecule has 0 aliphatic carbocycles. The van der Waals surface area contributed by atoms with Crippen molar-refractivity contribution in [1.82, 2.24) is 14.8 Å². The van der Waals surface area contributed by atoms with Crippen molar-refractivity contribution in [2.45, 2.75) is 33.2 Å². The van der Waals surface area contributed by atoms with Gasteiger partial charge in [0.2, 0.25) is 0 Å². The van der Waals surface area contributed by atoms with Crippen LogP contribution in [0.1, 0.15) is 51.2 Å². The van der Waals surface area contributed by atoms with E-state index in [1.165, 1.54) is 12.0 Å². The van der Waals surface area contributed by atoms with Crippen LogP contribution in [0.4, 0.5) is 5.69 Å². The van der Waals surface area contributed by atoms with Gasteiger partial charge in [-0.2, -0.15) is 5.26 Å². The van der Waals surface area contributed by atoms with Gasteiger partial charge in [0.15, 0.2) is 5.82 Å². The van der Waals surface area contributed by atoms with Crippen molar-refractivity contribution in [3.05, 3.63) is 81.2 Å². The summed E-state index contributed by atoms with van der Waals surface area (Å²) in [6, 6.07) is 15.1. The van der Waals surface area contributed by atoms with Crippen LogP contribution in [0.3, 0.4) is 0 Å². The average molecular weight is 497 g/mol. The van der Waals surface area contributed by atoms with Gasteiger partial charge in [-0.1, -0.05) is 30.3 Å². The molecule has 3 heterocycles. The molecule has 0 spiro atoms. The number of nitrogens with zero attached hydrogens (tertiary/aromatic N) is 5. The van der Waals surface area contributed by atoms with Crippen molar-refractivity contribution >= 4 is 28.7 Å². The number of aromatic nitrogens is 3. The molecule has 0 amide bonds. The largest absolute Gasteiger partial charge is 0.469 e. The molecule has 9 heteroatoms. The normalized spacial score (nSPS) is 14.3. The topological polar surface area (TPSA) is 119 Å². The second-order valence-electron chi connectivity index (χ2n) is 8.67. The molecule has 1 atom stereocenters. The third-order valence-electron chi connectivity index (χ3n) is 6.49. The van der Waals surface area contributed by atoms with E-state index in [9.17, 15) is 10.1 Å². The van der Waals surface area contributed by atoms with Crippen molar-refractivity contribution in [2.24, 2.45) is 4.99 Å². The van der Waals surface area contributed by atoms with Gasteiger partial charge in [0, 0.05) is 21.7 Å². The Morgan fingerprint density at radius 3 is 2.50 bits per heavy atom. The molecule has 5 rings (SSSR count). The van der Waals surface area contributed by atoms with Crippen LogP contribution >= 0.6 is 11.3 Å². The Balaban J connectivity index is 1.66. The van der Waals surface area contributed by atoms with Crippen molar-refractivity contribution < 1.29 is 9.53 Å². The fourth-order valence-corrected chi connectivity index (χ4v) is 5.63. The number of aryl methyl sites for hydroxylation is 2. The number of nitrogen functional groups attached to an aromatic ring is 1. The van der Waals surface area contributed by atoms with E-state index in [-0.39, 0.29) is 12.4 Å². The molecule has 1 aliphatic heterocycles. The Morgan fingerprint density at radius 1 is 1.11 bits per heavy atom. The van der Waals surface area contributed by atoms with Gasteiger partial charge < -0.3 is 10.5 Å².